The average Bonchev–Trinajstić information content (AvgIpc) is 3.20. The summed E-state index contributed by atoms with van der Waals surface area (Å²) in [4.78, 5) is 25.0. The first-order valence-corrected chi connectivity index (χ1v) is 10.8. The van der Waals surface area contributed by atoms with Crippen LogP contribution in [0.3, 0.4) is 0 Å². The number of hydrogen-bond donors (Lipinski definition) is 1. The van der Waals surface area contributed by atoms with E-state index < -0.39 is 5.91 Å². The Morgan fingerprint density at radius 3 is 2.38 bits per heavy atom. The summed E-state index contributed by atoms with van der Waals surface area (Å²) in [6.07, 6.45) is 0.155. The third kappa shape index (κ3) is 4.36. The lowest BCUT2D eigenvalue weighted by Crippen LogP contribution is -2.12. The summed E-state index contributed by atoms with van der Waals surface area (Å²) >= 11 is 2.68. The standard InChI is InChI=1S/C22H17N3O2S2/c23-20(27)12-15-10-11-19(29-15)18(26)13-28-22-17-9-5-4-8-16(17)21(24-25-22)14-6-2-1-3-7-14/h1-11H,12-13H2,(H2,23,27). The molecule has 0 spiro atoms. The van der Waals surface area contributed by atoms with Crippen LogP contribution in [0.2, 0.25) is 0 Å². The van der Waals surface area contributed by atoms with Crippen LogP contribution in [-0.2, 0) is 11.2 Å². The molecule has 144 valence electrons. The minimum atomic E-state index is -0.402. The number of benzene rings is 2. The van der Waals surface area contributed by atoms with Gasteiger partial charge in [-0.25, -0.2) is 0 Å². The maximum Gasteiger partial charge on any atom is 0.222 e. The molecule has 2 heterocycles. The van der Waals surface area contributed by atoms with E-state index in [9.17, 15) is 9.59 Å². The maximum absolute atomic E-state index is 12.6. The van der Waals surface area contributed by atoms with Crippen molar-refractivity contribution in [1.82, 2.24) is 10.2 Å². The molecule has 2 aromatic carbocycles. The van der Waals surface area contributed by atoms with Gasteiger partial charge in [-0.05, 0) is 12.1 Å². The van der Waals surface area contributed by atoms with Gasteiger partial charge < -0.3 is 5.73 Å². The van der Waals surface area contributed by atoms with Gasteiger partial charge in [-0.1, -0.05) is 66.4 Å². The third-order valence-electron chi connectivity index (χ3n) is 4.33. The molecule has 0 aliphatic heterocycles. The zero-order chi connectivity index (χ0) is 20.2. The lowest BCUT2D eigenvalue weighted by atomic mass is 10.1. The predicted molar refractivity (Wildman–Crippen MR) is 117 cm³/mol. The van der Waals surface area contributed by atoms with Gasteiger partial charge in [-0.15, -0.1) is 21.5 Å². The van der Waals surface area contributed by atoms with Crippen molar-refractivity contribution in [3.8, 4) is 11.3 Å². The van der Waals surface area contributed by atoms with Crippen molar-refractivity contribution < 1.29 is 9.59 Å². The number of nitrogens with zero attached hydrogens (tertiary/aromatic N) is 2. The molecule has 0 saturated carbocycles. The van der Waals surface area contributed by atoms with E-state index in [1.165, 1.54) is 23.1 Å². The van der Waals surface area contributed by atoms with Crippen molar-refractivity contribution in [2.24, 2.45) is 5.73 Å². The summed E-state index contributed by atoms with van der Waals surface area (Å²) < 4.78 is 0. The third-order valence-corrected chi connectivity index (χ3v) is 6.43. The number of fused-ring (bicyclic) bond motifs is 1. The maximum atomic E-state index is 12.6. The van der Waals surface area contributed by atoms with Crippen LogP contribution in [0.25, 0.3) is 22.0 Å². The number of rotatable bonds is 7. The first kappa shape index (κ1) is 19.3. The van der Waals surface area contributed by atoms with Gasteiger partial charge in [0.25, 0.3) is 0 Å². The summed E-state index contributed by atoms with van der Waals surface area (Å²) in [6, 6.07) is 21.4. The normalized spacial score (nSPS) is 10.9. The largest absolute Gasteiger partial charge is 0.369 e. The van der Waals surface area contributed by atoms with Crippen LogP contribution < -0.4 is 5.73 Å². The number of thiophene rings is 1. The van der Waals surface area contributed by atoms with Gasteiger partial charge in [-0.2, -0.15) is 0 Å². The van der Waals surface area contributed by atoms with E-state index >= 15 is 0 Å². The molecule has 0 aliphatic rings. The Morgan fingerprint density at radius 2 is 1.62 bits per heavy atom. The number of carbonyl (C=O) groups is 2. The molecule has 0 radical (unpaired) electrons. The number of amides is 1. The van der Waals surface area contributed by atoms with Crippen molar-refractivity contribution in [2.45, 2.75) is 11.4 Å². The van der Waals surface area contributed by atoms with Gasteiger partial charge >= 0.3 is 0 Å². The fourth-order valence-electron chi connectivity index (χ4n) is 2.99. The molecule has 7 heteroatoms. The Kier molecular flexibility index (Phi) is 5.69. The fraction of sp³-hybridized carbons (Fsp3) is 0.0909. The number of nitrogens with two attached hydrogens (primary N) is 1. The molecule has 2 N–H and O–H groups in total. The first-order valence-electron chi connectivity index (χ1n) is 8.95. The Hall–Kier alpha value is -3.03. The molecule has 4 aromatic rings. The van der Waals surface area contributed by atoms with Crippen molar-refractivity contribution in [3.05, 3.63) is 76.5 Å². The molecule has 0 atom stereocenters. The molecule has 2 aromatic heterocycles. The molecule has 0 unspecified atom stereocenters. The van der Waals surface area contributed by atoms with Crippen molar-refractivity contribution in [3.63, 3.8) is 0 Å². The number of carbonyl (C=O) groups excluding carboxylic acids is 2. The number of primary amides is 1. The summed E-state index contributed by atoms with van der Waals surface area (Å²) in [5.74, 6) is -0.158. The molecule has 0 aliphatic carbocycles. The van der Waals surface area contributed by atoms with Gasteiger partial charge in [-0.3, -0.25) is 9.59 Å². The minimum absolute atomic E-state index is 0.00580. The highest BCUT2D eigenvalue weighted by Gasteiger charge is 2.15. The lowest BCUT2D eigenvalue weighted by Gasteiger charge is -2.08. The van der Waals surface area contributed by atoms with E-state index in [0.717, 1.165) is 31.9 Å². The number of aromatic nitrogens is 2. The number of thioether (sulfide) groups is 1. The minimum Gasteiger partial charge on any atom is -0.369 e. The van der Waals surface area contributed by atoms with E-state index in [2.05, 4.69) is 10.2 Å². The van der Waals surface area contributed by atoms with Crippen LogP contribution in [0, 0.1) is 0 Å². The summed E-state index contributed by atoms with van der Waals surface area (Å²) in [5.41, 5.74) is 7.04. The van der Waals surface area contributed by atoms with Crippen LogP contribution in [-0.4, -0.2) is 27.6 Å². The molecular formula is C22H17N3O2S2. The van der Waals surface area contributed by atoms with E-state index in [0.29, 0.717) is 4.88 Å². The highest BCUT2D eigenvalue weighted by molar-refractivity contribution is 8.00. The van der Waals surface area contributed by atoms with Crippen molar-refractivity contribution >= 4 is 45.6 Å². The molecule has 1 amide bonds. The lowest BCUT2D eigenvalue weighted by molar-refractivity contribution is -0.117. The van der Waals surface area contributed by atoms with Gasteiger partial charge in [0.1, 0.15) is 10.7 Å². The van der Waals surface area contributed by atoms with Gasteiger partial charge in [0.2, 0.25) is 5.91 Å². The molecule has 0 bridgehead atoms. The molecular weight excluding hydrogens is 402 g/mol. The van der Waals surface area contributed by atoms with Gasteiger partial charge in [0.05, 0.1) is 17.1 Å². The average molecular weight is 420 g/mol. The van der Waals surface area contributed by atoms with Crippen LogP contribution in [0.1, 0.15) is 14.5 Å². The summed E-state index contributed by atoms with van der Waals surface area (Å²) in [6.45, 7) is 0. The summed E-state index contributed by atoms with van der Waals surface area (Å²) in [5, 5.41) is 11.5. The van der Waals surface area contributed by atoms with E-state index in [4.69, 9.17) is 5.73 Å². The van der Waals surface area contributed by atoms with Crippen LogP contribution in [0.4, 0.5) is 0 Å². The number of hydrogen-bond acceptors (Lipinski definition) is 6. The second kappa shape index (κ2) is 8.55. The molecule has 29 heavy (non-hydrogen) atoms. The van der Waals surface area contributed by atoms with Crippen LogP contribution >= 0.6 is 23.1 Å². The predicted octanol–water partition coefficient (Wildman–Crippen LogP) is 4.36. The molecule has 5 nitrogen and oxygen atoms in total. The Bertz CT molecular complexity index is 1190. The quantitative estimate of drug-likeness (QED) is 0.355. The zero-order valence-electron chi connectivity index (χ0n) is 15.4. The fourth-order valence-corrected chi connectivity index (χ4v) is 4.90. The first-order chi connectivity index (χ1) is 14.1. The number of ketones is 1. The second-order valence-electron chi connectivity index (χ2n) is 6.39. The smallest absolute Gasteiger partial charge is 0.222 e. The highest BCUT2D eigenvalue weighted by Crippen LogP contribution is 2.32. The Morgan fingerprint density at radius 1 is 0.897 bits per heavy atom. The van der Waals surface area contributed by atoms with Gasteiger partial charge in [0, 0.05) is 21.2 Å². The van der Waals surface area contributed by atoms with E-state index in [-0.39, 0.29) is 18.0 Å². The zero-order valence-corrected chi connectivity index (χ0v) is 17.0. The number of Topliss-reactive ketones (excluding diaryl/α,β-unsaturated/α-hetero) is 1. The monoisotopic (exact) mass is 419 g/mol. The Balaban J connectivity index is 1.57. The topological polar surface area (TPSA) is 85.9 Å². The van der Waals surface area contributed by atoms with Crippen LogP contribution in [0.5, 0.6) is 0 Å². The SMILES string of the molecule is NC(=O)Cc1ccc(C(=O)CSc2nnc(-c3ccccc3)c3ccccc23)s1. The molecule has 0 saturated heterocycles. The van der Waals surface area contributed by atoms with Gasteiger partial charge in [0.15, 0.2) is 5.78 Å². The second-order valence-corrected chi connectivity index (χ2v) is 8.52. The summed E-state index contributed by atoms with van der Waals surface area (Å²) in [7, 11) is 0. The van der Waals surface area contributed by atoms with E-state index in [1.807, 2.05) is 54.6 Å². The van der Waals surface area contributed by atoms with Crippen molar-refractivity contribution in [1.29, 1.82) is 0 Å². The highest BCUT2D eigenvalue weighted by atomic mass is 32.2. The molecule has 4 rings (SSSR count). The van der Waals surface area contributed by atoms with Crippen molar-refractivity contribution in [2.75, 3.05) is 5.75 Å². The van der Waals surface area contributed by atoms with E-state index in [1.54, 1.807) is 12.1 Å². The Labute approximate surface area is 176 Å². The van der Waals surface area contributed by atoms with Crippen LogP contribution in [0.15, 0.2) is 71.8 Å². The molecule has 0 fully saturated rings.